The van der Waals surface area contributed by atoms with Crippen LogP contribution in [0.5, 0.6) is 11.6 Å². The Morgan fingerprint density at radius 3 is 3.00 bits per heavy atom. The maximum atomic E-state index is 5.88. The van der Waals surface area contributed by atoms with Crippen molar-refractivity contribution in [1.82, 2.24) is 19.5 Å². The molecule has 10 heteroatoms. The molecule has 9 nitrogen and oxygen atoms in total. The molecule has 3 aromatic rings. The third-order valence-electron chi connectivity index (χ3n) is 5.09. The zero-order valence-corrected chi connectivity index (χ0v) is 16.2. The van der Waals surface area contributed by atoms with Gasteiger partial charge in [0.15, 0.2) is 11.2 Å². The normalized spacial score (nSPS) is 23.7. The van der Waals surface area contributed by atoms with Gasteiger partial charge in [-0.3, -0.25) is 4.52 Å². The first-order chi connectivity index (χ1) is 13.7. The molecule has 28 heavy (non-hydrogen) atoms. The zero-order valence-electron chi connectivity index (χ0n) is 15.3. The minimum absolute atomic E-state index is 0.181. The van der Waals surface area contributed by atoms with Crippen molar-refractivity contribution in [2.24, 2.45) is 5.92 Å². The van der Waals surface area contributed by atoms with Crippen LogP contribution in [0.3, 0.4) is 0 Å². The van der Waals surface area contributed by atoms with Crippen molar-refractivity contribution in [3.8, 4) is 11.6 Å². The Kier molecular flexibility index (Phi) is 4.50. The Hall–Kier alpha value is -2.48. The summed E-state index contributed by atoms with van der Waals surface area (Å²) in [6.07, 6.45) is 3.71. The molecular formula is C18H20N5O4P. The van der Waals surface area contributed by atoms with E-state index in [9.17, 15) is 0 Å². The van der Waals surface area contributed by atoms with Crippen molar-refractivity contribution in [3.05, 3.63) is 36.2 Å². The second kappa shape index (κ2) is 7.16. The number of nitrogens with zero attached hydrogens (tertiary/aromatic N) is 4. The van der Waals surface area contributed by atoms with Crippen LogP contribution in [-0.2, 0) is 15.7 Å². The van der Waals surface area contributed by atoms with Gasteiger partial charge in [0, 0.05) is 11.6 Å². The van der Waals surface area contributed by atoms with E-state index < -0.39 is 8.60 Å². The summed E-state index contributed by atoms with van der Waals surface area (Å²) in [5.41, 5.74) is 8.17. The first-order valence-electron chi connectivity index (χ1n) is 9.07. The molecule has 1 aliphatic heterocycles. The molecule has 146 valence electrons. The molecule has 1 atom stereocenters. The lowest BCUT2D eigenvalue weighted by Gasteiger charge is -2.36. The van der Waals surface area contributed by atoms with Crippen molar-refractivity contribution in [1.29, 1.82) is 0 Å². The number of benzene rings is 1. The van der Waals surface area contributed by atoms with Crippen molar-refractivity contribution in [2.45, 2.75) is 25.5 Å². The molecule has 1 aliphatic carbocycles. The maximum absolute atomic E-state index is 5.88. The van der Waals surface area contributed by atoms with E-state index in [0.29, 0.717) is 42.2 Å². The van der Waals surface area contributed by atoms with Crippen LogP contribution in [0.25, 0.3) is 11.2 Å². The van der Waals surface area contributed by atoms with Gasteiger partial charge in [-0.1, -0.05) is 18.2 Å². The second-order valence-corrected chi connectivity index (χ2v) is 8.04. The van der Waals surface area contributed by atoms with E-state index in [4.69, 9.17) is 24.0 Å². The quantitative estimate of drug-likeness (QED) is 0.650. The highest BCUT2D eigenvalue weighted by Crippen LogP contribution is 2.49. The molecule has 0 amide bonds. The summed E-state index contributed by atoms with van der Waals surface area (Å²) >= 11 is 0. The number of aromatic nitrogens is 4. The molecule has 5 rings (SSSR count). The highest BCUT2D eigenvalue weighted by Gasteiger charge is 2.34. The monoisotopic (exact) mass is 401 g/mol. The van der Waals surface area contributed by atoms with Crippen LogP contribution in [-0.4, -0.2) is 33.2 Å². The molecule has 0 saturated heterocycles. The fourth-order valence-corrected chi connectivity index (χ4v) is 4.65. The van der Waals surface area contributed by atoms with E-state index in [-0.39, 0.29) is 5.95 Å². The number of hydrogen-bond acceptors (Lipinski definition) is 8. The number of hydrogen-bond donors (Lipinski definition) is 1. The number of nitrogen functional groups attached to an aromatic ring is 1. The van der Waals surface area contributed by atoms with Crippen LogP contribution in [0.2, 0.25) is 0 Å². The minimum Gasteiger partial charge on any atom is -0.479 e. The number of fused-ring (bicyclic) bond motifs is 2. The topological polar surface area (TPSA) is 107 Å². The van der Waals surface area contributed by atoms with Gasteiger partial charge in [0.05, 0.1) is 26.7 Å². The fourth-order valence-electron chi connectivity index (χ4n) is 3.55. The van der Waals surface area contributed by atoms with E-state index in [1.807, 2.05) is 28.8 Å². The molecule has 0 radical (unpaired) electrons. The van der Waals surface area contributed by atoms with Crippen molar-refractivity contribution in [2.75, 3.05) is 19.5 Å². The van der Waals surface area contributed by atoms with Crippen LogP contribution in [0.15, 0.2) is 30.6 Å². The van der Waals surface area contributed by atoms with Gasteiger partial charge in [-0.05, 0) is 24.8 Å². The Balaban J connectivity index is 1.19. The molecule has 2 aliphatic rings. The summed E-state index contributed by atoms with van der Waals surface area (Å²) in [6, 6.07) is 8.18. The molecule has 1 aromatic carbocycles. The fraction of sp³-hybridized carbons (Fsp3) is 0.389. The number of nitrogens with two attached hydrogens (primary N) is 1. The summed E-state index contributed by atoms with van der Waals surface area (Å²) in [6.45, 7) is 1.14. The van der Waals surface area contributed by atoms with Crippen LogP contribution in [0, 0.1) is 5.92 Å². The molecule has 1 fully saturated rings. The van der Waals surface area contributed by atoms with Crippen LogP contribution < -0.4 is 15.0 Å². The SMILES string of the molecule is COc1nc(N)nc2c1ncn2[C@H]1C[C@@H](COP2OCc3ccccc3O2)C1. The Labute approximate surface area is 162 Å². The Morgan fingerprint density at radius 1 is 1.29 bits per heavy atom. The molecule has 2 N–H and O–H groups in total. The standard InChI is InChI=1S/C18H20N5O4P/c1-24-17-15-16(21-18(19)22-17)23(10-20-15)13-6-11(7-13)8-25-28-26-9-12-4-2-3-5-14(12)27-28/h2-5,10-11,13H,6-9H2,1H3,(H2,19,21,22)/t11-,13+,28?. The Bertz CT molecular complexity index is 1010. The largest absolute Gasteiger partial charge is 0.479 e. The average Bonchev–Trinajstić information content (AvgIpc) is 3.09. The number of para-hydroxylation sites is 1. The highest BCUT2D eigenvalue weighted by molar-refractivity contribution is 7.42. The molecule has 0 bridgehead atoms. The van der Waals surface area contributed by atoms with Crippen molar-refractivity contribution < 1.29 is 18.3 Å². The predicted molar refractivity (Wildman–Crippen MR) is 103 cm³/mol. The van der Waals surface area contributed by atoms with Crippen LogP contribution in [0.4, 0.5) is 5.95 Å². The van der Waals surface area contributed by atoms with Gasteiger partial charge >= 0.3 is 8.60 Å². The first kappa shape index (κ1) is 17.6. The lowest BCUT2D eigenvalue weighted by atomic mass is 9.81. The smallest absolute Gasteiger partial charge is 0.397 e. The third kappa shape index (κ3) is 3.15. The highest BCUT2D eigenvalue weighted by atomic mass is 31.2. The number of anilines is 1. The van der Waals surface area contributed by atoms with Gasteiger partial charge in [0.2, 0.25) is 11.8 Å². The Morgan fingerprint density at radius 2 is 2.14 bits per heavy atom. The maximum Gasteiger partial charge on any atom is 0.397 e. The van der Waals surface area contributed by atoms with E-state index in [2.05, 4.69) is 15.0 Å². The second-order valence-electron chi connectivity index (χ2n) is 6.90. The molecular weight excluding hydrogens is 381 g/mol. The summed E-state index contributed by atoms with van der Waals surface area (Å²) in [5, 5.41) is 0. The minimum atomic E-state index is -1.33. The molecule has 0 spiro atoms. The number of methoxy groups -OCH3 is 1. The summed E-state index contributed by atoms with van der Waals surface area (Å²) in [4.78, 5) is 12.8. The number of ether oxygens (including phenoxy) is 1. The van der Waals surface area contributed by atoms with Crippen LogP contribution >= 0.6 is 8.60 Å². The lowest BCUT2D eigenvalue weighted by Crippen LogP contribution is -2.29. The van der Waals surface area contributed by atoms with Gasteiger partial charge in [0.1, 0.15) is 5.75 Å². The van der Waals surface area contributed by atoms with Gasteiger partial charge in [0.25, 0.3) is 0 Å². The zero-order chi connectivity index (χ0) is 19.1. The van der Waals surface area contributed by atoms with Crippen molar-refractivity contribution in [3.63, 3.8) is 0 Å². The number of imidazole rings is 1. The van der Waals surface area contributed by atoms with E-state index >= 15 is 0 Å². The molecule has 3 heterocycles. The first-order valence-corrected chi connectivity index (χ1v) is 10.2. The third-order valence-corrected chi connectivity index (χ3v) is 6.14. The summed E-state index contributed by atoms with van der Waals surface area (Å²) < 4.78 is 24.7. The summed E-state index contributed by atoms with van der Waals surface area (Å²) in [7, 11) is 0.214. The van der Waals surface area contributed by atoms with Gasteiger partial charge in [-0.2, -0.15) is 9.97 Å². The summed E-state index contributed by atoms with van der Waals surface area (Å²) in [5.74, 6) is 1.87. The number of rotatable bonds is 5. The van der Waals surface area contributed by atoms with E-state index in [0.717, 1.165) is 24.2 Å². The van der Waals surface area contributed by atoms with E-state index in [1.165, 1.54) is 0 Å². The molecule has 1 unspecified atom stereocenters. The van der Waals surface area contributed by atoms with Gasteiger partial charge < -0.3 is 24.1 Å². The van der Waals surface area contributed by atoms with E-state index in [1.54, 1.807) is 13.4 Å². The lowest BCUT2D eigenvalue weighted by molar-refractivity contribution is 0.102. The van der Waals surface area contributed by atoms with Crippen LogP contribution in [0.1, 0.15) is 24.4 Å². The molecule has 1 saturated carbocycles. The van der Waals surface area contributed by atoms with Crippen molar-refractivity contribution >= 4 is 25.7 Å². The molecule has 2 aromatic heterocycles. The predicted octanol–water partition coefficient (Wildman–Crippen LogP) is 3.22. The van der Waals surface area contributed by atoms with Gasteiger partial charge in [-0.25, -0.2) is 4.98 Å². The van der Waals surface area contributed by atoms with Gasteiger partial charge in [-0.15, -0.1) is 0 Å². The average molecular weight is 401 g/mol.